The van der Waals surface area contributed by atoms with Crippen molar-refractivity contribution in [2.24, 2.45) is 0 Å². The van der Waals surface area contributed by atoms with Crippen LogP contribution in [-0.2, 0) is 6.54 Å². The number of amides is 1. The van der Waals surface area contributed by atoms with Gasteiger partial charge in [-0.1, -0.05) is 35.9 Å². The molecule has 0 radical (unpaired) electrons. The molecule has 2 aromatic carbocycles. The second-order valence-corrected chi connectivity index (χ2v) is 5.98. The van der Waals surface area contributed by atoms with Gasteiger partial charge in [-0.25, -0.2) is 9.67 Å². The molecule has 6 heteroatoms. The molecule has 0 saturated heterocycles. The minimum atomic E-state index is -0.119. The first-order valence-electron chi connectivity index (χ1n) is 7.59. The third-order valence-electron chi connectivity index (χ3n) is 3.72. The van der Waals surface area contributed by atoms with Crippen LogP contribution in [0, 0.1) is 0 Å². The Morgan fingerprint density at radius 2 is 2.04 bits per heavy atom. The van der Waals surface area contributed by atoms with Crippen molar-refractivity contribution in [3.8, 4) is 0 Å². The zero-order valence-corrected chi connectivity index (χ0v) is 13.9. The van der Waals surface area contributed by atoms with Crippen LogP contribution in [0.3, 0.4) is 0 Å². The summed E-state index contributed by atoms with van der Waals surface area (Å²) in [6, 6.07) is 14.8. The smallest absolute Gasteiger partial charge is 0.251 e. The molecule has 0 bridgehead atoms. The molecule has 0 aliphatic carbocycles. The predicted molar refractivity (Wildman–Crippen MR) is 92.9 cm³/mol. The maximum atomic E-state index is 12.4. The highest BCUT2D eigenvalue weighted by molar-refractivity contribution is 6.30. The van der Waals surface area contributed by atoms with Gasteiger partial charge in [0, 0.05) is 10.6 Å². The minimum Gasteiger partial charge on any atom is -0.346 e. The number of rotatable bonds is 5. The second kappa shape index (κ2) is 7.27. The van der Waals surface area contributed by atoms with Crippen molar-refractivity contribution in [2.45, 2.75) is 19.5 Å². The highest BCUT2D eigenvalue weighted by Crippen LogP contribution is 2.18. The molecule has 0 aliphatic rings. The first-order chi connectivity index (χ1) is 11.6. The number of carbonyl (C=O) groups is 1. The van der Waals surface area contributed by atoms with Gasteiger partial charge in [-0.2, -0.15) is 5.10 Å². The molecule has 1 aromatic heterocycles. The van der Waals surface area contributed by atoms with Crippen molar-refractivity contribution in [3.05, 3.63) is 82.9 Å². The molecular weight excluding hydrogens is 324 g/mol. The Labute approximate surface area is 145 Å². The summed E-state index contributed by atoms with van der Waals surface area (Å²) in [4.78, 5) is 16.3. The molecular formula is C18H17ClN4O. The number of halogens is 1. The standard InChI is InChI=1S/C18H17ClN4O/c1-13(16-3-2-4-17(19)9-16)22-18(24)15-7-5-14(6-8-15)10-23-12-20-11-21-23/h2-9,11-13H,10H2,1H3,(H,22,24)/t13-/m0/s1. The van der Waals surface area contributed by atoms with Crippen LogP contribution < -0.4 is 5.32 Å². The van der Waals surface area contributed by atoms with E-state index in [-0.39, 0.29) is 11.9 Å². The normalized spacial score (nSPS) is 11.9. The second-order valence-electron chi connectivity index (χ2n) is 5.54. The molecule has 1 heterocycles. The highest BCUT2D eigenvalue weighted by atomic mass is 35.5. The summed E-state index contributed by atoms with van der Waals surface area (Å²) in [5.41, 5.74) is 2.64. The van der Waals surface area contributed by atoms with Gasteiger partial charge in [-0.05, 0) is 42.3 Å². The van der Waals surface area contributed by atoms with Crippen molar-refractivity contribution in [2.75, 3.05) is 0 Å². The monoisotopic (exact) mass is 340 g/mol. The molecule has 5 nitrogen and oxygen atoms in total. The van der Waals surface area contributed by atoms with Crippen LogP contribution in [0.4, 0.5) is 0 Å². The number of hydrogen-bond donors (Lipinski definition) is 1. The lowest BCUT2D eigenvalue weighted by molar-refractivity contribution is 0.0940. The molecule has 0 fully saturated rings. The van der Waals surface area contributed by atoms with Crippen LogP contribution in [0.15, 0.2) is 61.2 Å². The van der Waals surface area contributed by atoms with Crippen molar-refractivity contribution in [1.29, 1.82) is 0 Å². The fourth-order valence-corrected chi connectivity index (χ4v) is 2.60. The van der Waals surface area contributed by atoms with E-state index >= 15 is 0 Å². The van der Waals surface area contributed by atoms with Gasteiger partial charge in [0.25, 0.3) is 5.91 Å². The van der Waals surface area contributed by atoms with Crippen LogP contribution in [0.5, 0.6) is 0 Å². The SMILES string of the molecule is C[C@H](NC(=O)c1ccc(Cn2cncn2)cc1)c1cccc(Cl)c1. The molecule has 1 atom stereocenters. The number of nitrogens with one attached hydrogen (secondary N) is 1. The first-order valence-corrected chi connectivity index (χ1v) is 7.97. The van der Waals surface area contributed by atoms with Gasteiger partial charge in [0.1, 0.15) is 12.7 Å². The van der Waals surface area contributed by atoms with Crippen LogP contribution in [0.1, 0.15) is 34.5 Å². The summed E-state index contributed by atoms with van der Waals surface area (Å²) in [6.45, 7) is 2.56. The van der Waals surface area contributed by atoms with E-state index in [1.807, 2.05) is 55.5 Å². The largest absolute Gasteiger partial charge is 0.346 e. The summed E-state index contributed by atoms with van der Waals surface area (Å²) in [7, 11) is 0. The molecule has 0 saturated carbocycles. The number of hydrogen-bond acceptors (Lipinski definition) is 3. The zero-order valence-electron chi connectivity index (χ0n) is 13.2. The van der Waals surface area contributed by atoms with Crippen LogP contribution >= 0.6 is 11.6 Å². The van der Waals surface area contributed by atoms with Crippen molar-refractivity contribution in [3.63, 3.8) is 0 Å². The zero-order chi connectivity index (χ0) is 16.9. The van der Waals surface area contributed by atoms with E-state index in [1.165, 1.54) is 6.33 Å². The van der Waals surface area contributed by atoms with E-state index in [4.69, 9.17) is 11.6 Å². The van der Waals surface area contributed by atoms with Crippen molar-refractivity contribution < 1.29 is 4.79 Å². The lowest BCUT2D eigenvalue weighted by atomic mass is 10.1. The van der Waals surface area contributed by atoms with Gasteiger partial charge >= 0.3 is 0 Å². The molecule has 24 heavy (non-hydrogen) atoms. The van der Waals surface area contributed by atoms with Gasteiger partial charge in [0.2, 0.25) is 0 Å². The van der Waals surface area contributed by atoms with E-state index < -0.39 is 0 Å². The average molecular weight is 341 g/mol. The van der Waals surface area contributed by atoms with E-state index in [9.17, 15) is 4.79 Å². The van der Waals surface area contributed by atoms with E-state index in [2.05, 4.69) is 15.4 Å². The fourth-order valence-electron chi connectivity index (χ4n) is 2.40. The molecule has 0 spiro atoms. The third-order valence-corrected chi connectivity index (χ3v) is 3.96. The predicted octanol–water partition coefficient (Wildman–Crippen LogP) is 3.47. The molecule has 1 amide bonds. The van der Waals surface area contributed by atoms with Crippen LogP contribution in [-0.4, -0.2) is 20.7 Å². The maximum absolute atomic E-state index is 12.4. The molecule has 3 rings (SSSR count). The van der Waals surface area contributed by atoms with Crippen molar-refractivity contribution >= 4 is 17.5 Å². The number of carbonyl (C=O) groups excluding carboxylic acids is 1. The number of nitrogens with zero attached hydrogens (tertiary/aromatic N) is 3. The Morgan fingerprint density at radius 1 is 1.25 bits per heavy atom. The lowest BCUT2D eigenvalue weighted by Gasteiger charge is -2.15. The Balaban J connectivity index is 1.64. The molecule has 0 aliphatic heterocycles. The molecule has 0 unspecified atom stereocenters. The van der Waals surface area contributed by atoms with E-state index in [0.717, 1.165) is 11.1 Å². The number of benzene rings is 2. The molecule has 122 valence electrons. The van der Waals surface area contributed by atoms with E-state index in [0.29, 0.717) is 17.1 Å². The topological polar surface area (TPSA) is 59.8 Å². The lowest BCUT2D eigenvalue weighted by Crippen LogP contribution is -2.26. The van der Waals surface area contributed by atoms with Gasteiger partial charge in [0.15, 0.2) is 0 Å². The number of aromatic nitrogens is 3. The fraction of sp³-hybridized carbons (Fsp3) is 0.167. The Bertz CT molecular complexity index is 815. The van der Waals surface area contributed by atoms with Gasteiger partial charge in [-0.15, -0.1) is 0 Å². The summed E-state index contributed by atoms with van der Waals surface area (Å²) in [5.74, 6) is -0.116. The van der Waals surface area contributed by atoms with Gasteiger partial charge in [-0.3, -0.25) is 4.79 Å². The first kappa shape index (κ1) is 16.2. The Hall–Kier alpha value is -2.66. The maximum Gasteiger partial charge on any atom is 0.251 e. The quantitative estimate of drug-likeness (QED) is 0.773. The molecule has 1 N–H and O–H groups in total. The van der Waals surface area contributed by atoms with Crippen LogP contribution in [0.25, 0.3) is 0 Å². The van der Waals surface area contributed by atoms with E-state index in [1.54, 1.807) is 11.0 Å². The summed E-state index contributed by atoms with van der Waals surface area (Å²) in [5, 5.41) is 7.70. The third kappa shape index (κ3) is 4.00. The summed E-state index contributed by atoms with van der Waals surface area (Å²) < 4.78 is 1.73. The van der Waals surface area contributed by atoms with Gasteiger partial charge in [0.05, 0.1) is 12.6 Å². The van der Waals surface area contributed by atoms with Crippen molar-refractivity contribution in [1.82, 2.24) is 20.1 Å². The summed E-state index contributed by atoms with van der Waals surface area (Å²) in [6.07, 6.45) is 3.16. The Morgan fingerprint density at radius 3 is 2.71 bits per heavy atom. The minimum absolute atomic E-state index is 0.116. The Kier molecular flexibility index (Phi) is 4.91. The molecule has 3 aromatic rings. The van der Waals surface area contributed by atoms with Gasteiger partial charge < -0.3 is 5.32 Å². The summed E-state index contributed by atoms with van der Waals surface area (Å²) >= 11 is 5.99. The average Bonchev–Trinajstić information content (AvgIpc) is 3.08. The highest BCUT2D eigenvalue weighted by Gasteiger charge is 2.11. The van der Waals surface area contributed by atoms with Crippen LogP contribution in [0.2, 0.25) is 5.02 Å².